The third-order valence-corrected chi connectivity index (χ3v) is 7.86. The Labute approximate surface area is 189 Å². The third kappa shape index (κ3) is 3.30. The molecule has 2 aliphatic heterocycles. The lowest BCUT2D eigenvalue weighted by atomic mass is 9.95. The molecule has 0 N–H and O–H groups in total. The molecule has 2 aromatic heterocycles. The molecule has 5 heteroatoms. The second kappa shape index (κ2) is 8.19. The van der Waals surface area contributed by atoms with Crippen LogP contribution >= 0.6 is 11.8 Å². The van der Waals surface area contributed by atoms with Crippen molar-refractivity contribution in [3.8, 4) is 5.69 Å². The van der Waals surface area contributed by atoms with Gasteiger partial charge in [-0.2, -0.15) is 0 Å². The molecule has 0 saturated carbocycles. The number of hydrogen-bond acceptors (Lipinski definition) is 4. The number of pyridine rings is 1. The van der Waals surface area contributed by atoms with Crippen molar-refractivity contribution in [2.24, 2.45) is 4.99 Å². The first kappa shape index (κ1) is 20.4. The summed E-state index contributed by atoms with van der Waals surface area (Å²) in [5.74, 6) is 1.12. The van der Waals surface area contributed by atoms with Crippen molar-refractivity contribution in [3.63, 3.8) is 0 Å². The molecule has 1 fully saturated rings. The van der Waals surface area contributed by atoms with Crippen molar-refractivity contribution in [1.29, 1.82) is 0 Å². The summed E-state index contributed by atoms with van der Waals surface area (Å²) in [5, 5.41) is 1.19. The standard InChI is InChI=1S/C26H30N4S/c1-5-19-11-7-8-13-23(19)29-17(3)15-21(18(29)4)25-24(22-12-9-10-14-27-22)28-26-30(25)20(6-2)16-31-26/h7-15,20,24-25H,5-6,16H2,1-4H3/t20-,24+,25+/m0/s1. The maximum atomic E-state index is 5.20. The van der Waals surface area contributed by atoms with Gasteiger partial charge < -0.3 is 9.47 Å². The minimum Gasteiger partial charge on any atom is -0.338 e. The Bertz CT molecular complexity index is 1120. The van der Waals surface area contributed by atoms with Crippen LogP contribution in [0.1, 0.15) is 60.6 Å². The van der Waals surface area contributed by atoms with Gasteiger partial charge in [0.1, 0.15) is 6.04 Å². The number of aryl methyl sites for hydroxylation is 2. The predicted octanol–water partition coefficient (Wildman–Crippen LogP) is 6.03. The molecule has 1 saturated heterocycles. The Hall–Kier alpha value is -2.53. The van der Waals surface area contributed by atoms with Gasteiger partial charge in [0.05, 0.1) is 11.7 Å². The zero-order chi connectivity index (χ0) is 21.5. The highest BCUT2D eigenvalue weighted by molar-refractivity contribution is 8.14. The molecule has 0 spiro atoms. The number of rotatable bonds is 5. The molecule has 2 aliphatic rings. The summed E-state index contributed by atoms with van der Waals surface area (Å²) < 4.78 is 2.44. The summed E-state index contributed by atoms with van der Waals surface area (Å²) in [7, 11) is 0. The largest absolute Gasteiger partial charge is 0.338 e. The lowest BCUT2D eigenvalue weighted by Crippen LogP contribution is -2.35. The van der Waals surface area contributed by atoms with Crippen LogP contribution in [0.25, 0.3) is 5.69 Å². The van der Waals surface area contributed by atoms with Gasteiger partial charge in [-0.15, -0.1) is 0 Å². The second-order valence-electron chi connectivity index (χ2n) is 8.48. The van der Waals surface area contributed by atoms with E-state index in [4.69, 9.17) is 9.98 Å². The maximum absolute atomic E-state index is 5.20. The number of hydrogen-bond donors (Lipinski definition) is 0. The number of amidine groups is 1. The first-order valence-electron chi connectivity index (χ1n) is 11.3. The molecule has 160 valence electrons. The van der Waals surface area contributed by atoms with Crippen LogP contribution < -0.4 is 0 Å². The van der Waals surface area contributed by atoms with Gasteiger partial charge in [-0.25, -0.2) is 0 Å². The number of aliphatic imine (C=N–C) groups is 1. The number of thioether (sulfide) groups is 1. The first-order chi connectivity index (χ1) is 15.1. The number of para-hydroxylation sites is 1. The van der Waals surface area contributed by atoms with E-state index in [0.717, 1.165) is 24.3 Å². The van der Waals surface area contributed by atoms with Crippen LogP contribution in [0.15, 0.2) is 59.7 Å². The Morgan fingerprint density at radius 3 is 2.61 bits per heavy atom. The molecule has 3 aromatic rings. The average molecular weight is 431 g/mol. The van der Waals surface area contributed by atoms with Gasteiger partial charge in [-0.05, 0) is 62.1 Å². The zero-order valence-electron chi connectivity index (χ0n) is 18.7. The normalized spacial score (nSPS) is 22.6. The summed E-state index contributed by atoms with van der Waals surface area (Å²) in [6.07, 6.45) is 4.05. The monoisotopic (exact) mass is 430 g/mol. The predicted molar refractivity (Wildman–Crippen MR) is 130 cm³/mol. The van der Waals surface area contributed by atoms with Crippen LogP contribution in [-0.4, -0.2) is 31.4 Å². The highest BCUT2D eigenvalue weighted by Crippen LogP contribution is 2.49. The fourth-order valence-electron chi connectivity index (χ4n) is 5.17. The minimum atomic E-state index is 0.0356. The van der Waals surface area contributed by atoms with Gasteiger partial charge in [0.25, 0.3) is 0 Å². The average Bonchev–Trinajstić information content (AvgIpc) is 3.45. The number of benzene rings is 1. The van der Waals surface area contributed by atoms with Crippen LogP contribution in [0.3, 0.4) is 0 Å². The van der Waals surface area contributed by atoms with Crippen molar-refractivity contribution < 1.29 is 0 Å². The Morgan fingerprint density at radius 2 is 1.87 bits per heavy atom. The Morgan fingerprint density at radius 1 is 1.06 bits per heavy atom. The van der Waals surface area contributed by atoms with Crippen LogP contribution in [0.5, 0.6) is 0 Å². The Kier molecular flexibility index (Phi) is 5.39. The van der Waals surface area contributed by atoms with Gasteiger partial charge in [0.2, 0.25) is 0 Å². The van der Waals surface area contributed by atoms with Crippen LogP contribution in [-0.2, 0) is 6.42 Å². The molecule has 31 heavy (non-hydrogen) atoms. The first-order valence-corrected chi connectivity index (χ1v) is 12.3. The van der Waals surface area contributed by atoms with Crippen LogP contribution in [0.4, 0.5) is 0 Å². The van der Waals surface area contributed by atoms with Gasteiger partial charge in [-0.1, -0.05) is 49.9 Å². The van der Waals surface area contributed by atoms with E-state index in [9.17, 15) is 0 Å². The smallest absolute Gasteiger partial charge is 0.160 e. The zero-order valence-corrected chi connectivity index (χ0v) is 19.6. The molecule has 1 aromatic carbocycles. The maximum Gasteiger partial charge on any atom is 0.160 e. The fraction of sp³-hybridized carbons (Fsp3) is 0.385. The van der Waals surface area contributed by atoms with Gasteiger partial charge in [0, 0.05) is 35.1 Å². The van der Waals surface area contributed by atoms with Gasteiger partial charge in [-0.3, -0.25) is 9.98 Å². The van der Waals surface area contributed by atoms with E-state index in [1.165, 1.54) is 33.4 Å². The van der Waals surface area contributed by atoms with Crippen LogP contribution in [0, 0.1) is 13.8 Å². The summed E-state index contributed by atoms with van der Waals surface area (Å²) in [4.78, 5) is 12.5. The molecule has 3 atom stereocenters. The van der Waals surface area contributed by atoms with Crippen molar-refractivity contribution in [1.82, 2.24) is 14.5 Å². The summed E-state index contributed by atoms with van der Waals surface area (Å²) in [6.45, 7) is 9.02. The SMILES string of the molecule is CCc1ccccc1-n1c(C)cc([C@@H]2[C@@H](c3ccccn3)N=C3SC[C@H](CC)N32)c1C. The van der Waals surface area contributed by atoms with Gasteiger partial charge >= 0.3 is 0 Å². The highest BCUT2D eigenvalue weighted by Gasteiger charge is 2.46. The van der Waals surface area contributed by atoms with Gasteiger partial charge in [0.15, 0.2) is 5.17 Å². The number of fused-ring (bicyclic) bond motifs is 1. The van der Waals surface area contributed by atoms with E-state index >= 15 is 0 Å². The summed E-state index contributed by atoms with van der Waals surface area (Å²) in [6, 6.07) is 18.1. The number of nitrogens with zero attached hydrogens (tertiary/aromatic N) is 4. The summed E-state index contributed by atoms with van der Waals surface area (Å²) in [5.41, 5.74) is 7.70. The minimum absolute atomic E-state index is 0.0356. The molecule has 0 unspecified atom stereocenters. The molecule has 0 bridgehead atoms. The third-order valence-electron chi connectivity index (χ3n) is 6.73. The van der Waals surface area contributed by atoms with Crippen molar-refractivity contribution in [2.75, 3.05) is 5.75 Å². The van der Waals surface area contributed by atoms with E-state index in [2.05, 4.69) is 79.6 Å². The van der Waals surface area contributed by atoms with E-state index in [1.54, 1.807) is 0 Å². The van der Waals surface area contributed by atoms with Crippen molar-refractivity contribution in [2.45, 2.75) is 58.7 Å². The molecule has 4 heterocycles. The second-order valence-corrected chi connectivity index (χ2v) is 9.47. The molecular formula is C26H30N4S. The van der Waals surface area contributed by atoms with E-state index in [-0.39, 0.29) is 12.1 Å². The van der Waals surface area contributed by atoms with E-state index in [0.29, 0.717) is 6.04 Å². The molecule has 0 amide bonds. The fourth-order valence-corrected chi connectivity index (χ4v) is 6.51. The molecule has 5 rings (SSSR count). The topological polar surface area (TPSA) is 33.4 Å². The van der Waals surface area contributed by atoms with E-state index in [1.807, 2.05) is 24.0 Å². The molecule has 0 aliphatic carbocycles. The van der Waals surface area contributed by atoms with Crippen molar-refractivity contribution in [3.05, 3.63) is 82.9 Å². The Balaban J connectivity index is 1.65. The quantitative estimate of drug-likeness (QED) is 0.495. The lowest BCUT2D eigenvalue weighted by Gasteiger charge is -2.32. The summed E-state index contributed by atoms with van der Waals surface area (Å²) >= 11 is 1.90. The molecule has 4 nitrogen and oxygen atoms in total. The highest BCUT2D eigenvalue weighted by atomic mass is 32.2. The van der Waals surface area contributed by atoms with Crippen LogP contribution in [0.2, 0.25) is 0 Å². The lowest BCUT2D eigenvalue weighted by molar-refractivity contribution is 0.254. The number of aromatic nitrogens is 2. The van der Waals surface area contributed by atoms with E-state index < -0.39 is 0 Å². The molecule has 0 radical (unpaired) electrons. The van der Waals surface area contributed by atoms with Crippen molar-refractivity contribution >= 4 is 16.9 Å². The molecular weight excluding hydrogens is 400 g/mol.